The van der Waals surface area contributed by atoms with Gasteiger partial charge in [0.1, 0.15) is 18.1 Å². The van der Waals surface area contributed by atoms with E-state index in [0.717, 1.165) is 20.5 Å². The van der Waals surface area contributed by atoms with Crippen LogP contribution in [0.5, 0.6) is 11.5 Å². The zero-order valence-corrected chi connectivity index (χ0v) is 16.1. The van der Waals surface area contributed by atoms with Crippen LogP contribution in [0.3, 0.4) is 0 Å². The first-order valence-electron chi connectivity index (χ1n) is 8.23. The van der Waals surface area contributed by atoms with Crippen LogP contribution in [0.1, 0.15) is 16.7 Å². The molecule has 0 saturated heterocycles. The van der Waals surface area contributed by atoms with Crippen molar-refractivity contribution in [2.75, 3.05) is 0 Å². The summed E-state index contributed by atoms with van der Waals surface area (Å²) in [5.74, 6) is 0.249. The summed E-state index contributed by atoms with van der Waals surface area (Å²) in [6.07, 6.45) is 0. The predicted molar refractivity (Wildman–Crippen MR) is 98.5 cm³/mol. The van der Waals surface area contributed by atoms with E-state index >= 15 is 0 Å². The van der Waals surface area contributed by atoms with E-state index in [1.54, 1.807) is 12.1 Å². The van der Waals surface area contributed by atoms with Gasteiger partial charge >= 0.3 is 12.3 Å². The maximum Gasteiger partial charge on any atom is 0.387 e. The Morgan fingerprint density at radius 1 is 1.14 bits per heavy atom. The van der Waals surface area contributed by atoms with Gasteiger partial charge in [0, 0.05) is 7.05 Å². The Bertz CT molecular complexity index is 1070. The van der Waals surface area contributed by atoms with E-state index in [2.05, 4.69) is 15.2 Å². The molecule has 148 valence electrons. The van der Waals surface area contributed by atoms with Crippen molar-refractivity contribution in [2.45, 2.75) is 27.1 Å². The lowest BCUT2D eigenvalue weighted by Gasteiger charge is -2.16. The highest BCUT2D eigenvalue weighted by molar-refractivity contribution is 6.32. The molecule has 0 unspecified atom stereocenters. The Morgan fingerprint density at radius 3 is 2.50 bits per heavy atom. The molecular formula is C18H17ClF2N4O3. The van der Waals surface area contributed by atoms with Gasteiger partial charge in [-0.05, 0) is 59.7 Å². The second kappa shape index (κ2) is 7.97. The molecule has 3 rings (SSSR count). The summed E-state index contributed by atoms with van der Waals surface area (Å²) in [6.45, 7) is 0.591. The maximum atomic E-state index is 12.9. The van der Waals surface area contributed by atoms with Gasteiger partial charge in [-0.25, -0.2) is 4.79 Å². The standard InChI is InChI=1S/C18H17ClF2N4O3/c1-10-7-13(19)16(8-11(10)2)27-9-12-14(25-18(26)24(3)22-23-25)5-4-6-15(12)28-17(20)21/h4-8,17H,9H2,1-3H3. The Labute approximate surface area is 164 Å². The number of nitrogens with zero attached hydrogens (tertiary/aromatic N) is 4. The first kappa shape index (κ1) is 19.8. The van der Waals surface area contributed by atoms with Crippen LogP contribution in [-0.4, -0.2) is 26.4 Å². The van der Waals surface area contributed by atoms with Crippen molar-refractivity contribution in [2.24, 2.45) is 7.05 Å². The monoisotopic (exact) mass is 410 g/mol. The Kier molecular flexibility index (Phi) is 5.64. The van der Waals surface area contributed by atoms with E-state index in [4.69, 9.17) is 16.3 Å². The first-order valence-corrected chi connectivity index (χ1v) is 8.61. The van der Waals surface area contributed by atoms with E-state index in [1.165, 1.54) is 25.2 Å². The molecular weight excluding hydrogens is 394 g/mol. The number of alkyl halides is 2. The molecule has 0 aliphatic rings. The van der Waals surface area contributed by atoms with Crippen LogP contribution in [0.2, 0.25) is 5.02 Å². The maximum absolute atomic E-state index is 12.9. The van der Waals surface area contributed by atoms with Crippen molar-refractivity contribution in [1.29, 1.82) is 0 Å². The predicted octanol–water partition coefficient (Wildman–Crippen LogP) is 3.42. The van der Waals surface area contributed by atoms with Gasteiger partial charge in [0.2, 0.25) is 0 Å². The fraction of sp³-hybridized carbons (Fsp3) is 0.278. The highest BCUT2D eigenvalue weighted by Gasteiger charge is 2.19. The van der Waals surface area contributed by atoms with Crippen LogP contribution in [0.4, 0.5) is 8.78 Å². The minimum absolute atomic E-state index is 0.134. The third kappa shape index (κ3) is 3.99. The van der Waals surface area contributed by atoms with Gasteiger partial charge in [-0.1, -0.05) is 17.7 Å². The lowest BCUT2D eigenvalue weighted by Crippen LogP contribution is -2.23. The summed E-state index contributed by atoms with van der Waals surface area (Å²) in [7, 11) is 1.43. The summed E-state index contributed by atoms with van der Waals surface area (Å²) in [6, 6.07) is 7.87. The van der Waals surface area contributed by atoms with Crippen LogP contribution < -0.4 is 15.2 Å². The molecule has 28 heavy (non-hydrogen) atoms. The zero-order valence-electron chi connectivity index (χ0n) is 15.3. The summed E-state index contributed by atoms with van der Waals surface area (Å²) < 4.78 is 38.1. The van der Waals surface area contributed by atoms with E-state index in [9.17, 15) is 13.6 Å². The Morgan fingerprint density at radius 2 is 1.86 bits per heavy atom. The number of halogens is 3. The molecule has 0 amide bonds. The van der Waals surface area contributed by atoms with Crippen LogP contribution in [0.15, 0.2) is 35.1 Å². The average molecular weight is 411 g/mol. The molecule has 3 aromatic rings. The van der Waals surface area contributed by atoms with Crippen LogP contribution in [-0.2, 0) is 13.7 Å². The number of hydrogen-bond donors (Lipinski definition) is 0. The second-order valence-corrected chi connectivity index (χ2v) is 6.49. The molecule has 1 heterocycles. The van der Waals surface area contributed by atoms with Crippen molar-refractivity contribution in [1.82, 2.24) is 19.8 Å². The quantitative estimate of drug-likeness (QED) is 0.622. The van der Waals surface area contributed by atoms with E-state index in [1.807, 2.05) is 13.8 Å². The van der Waals surface area contributed by atoms with Gasteiger partial charge < -0.3 is 9.47 Å². The SMILES string of the molecule is Cc1cc(Cl)c(OCc2c(OC(F)F)cccc2-n2nnn(C)c2=O)cc1C. The van der Waals surface area contributed by atoms with Crippen molar-refractivity contribution >= 4 is 11.6 Å². The molecule has 0 fully saturated rings. The molecule has 0 spiro atoms. The zero-order chi connectivity index (χ0) is 20.4. The fourth-order valence-corrected chi connectivity index (χ4v) is 2.86. The first-order chi connectivity index (χ1) is 13.3. The molecule has 0 N–H and O–H groups in total. The minimum atomic E-state index is -3.04. The summed E-state index contributed by atoms with van der Waals surface area (Å²) in [5, 5.41) is 7.78. The van der Waals surface area contributed by atoms with Crippen molar-refractivity contribution in [3.8, 4) is 17.2 Å². The van der Waals surface area contributed by atoms with E-state index in [0.29, 0.717) is 10.8 Å². The number of tetrazole rings is 1. The van der Waals surface area contributed by atoms with Crippen LogP contribution >= 0.6 is 11.6 Å². The highest BCUT2D eigenvalue weighted by atomic mass is 35.5. The van der Waals surface area contributed by atoms with Crippen LogP contribution in [0.25, 0.3) is 5.69 Å². The van der Waals surface area contributed by atoms with Gasteiger partial charge in [-0.3, -0.25) is 0 Å². The summed E-state index contributed by atoms with van der Waals surface area (Å²) >= 11 is 6.22. The molecule has 0 bridgehead atoms. The topological polar surface area (TPSA) is 71.2 Å². The molecule has 2 aromatic carbocycles. The van der Waals surface area contributed by atoms with E-state index < -0.39 is 12.3 Å². The Hall–Kier alpha value is -2.94. The van der Waals surface area contributed by atoms with Crippen LogP contribution in [0, 0.1) is 13.8 Å². The van der Waals surface area contributed by atoms with Gasteiger partial charge in [0.05, 0.1) is 16.3 Å². The van der Waals surface area contributed by atoms with Crippen molar-refractivity contribution in [3.63, 3.8) is 0 Å². The molecule has 0 radical (unpaired) electrons. The largest absolute Gasteiger partial charge is 0.487 e. The summed E-state index contributed by atoms with van der Waals surface area (Å²) in [4.78, 5) is 12.2. The second-order valence-electron chi connectivity index (χ2n) is 6.08. The third-order valence-corrected chi connectivity index (χ3v) is 4.49. The molecule has 0 saturated carbocycles. The number of ether oxygens (including phenoxy) is 2. The van der Waals surface area contributed by atoms with Gasteiger partial charge in [-0.15, -0.1) is 0 Å². The third-order valence-electron chi connectivity index (χ3n) is 4.19. The number of aryl methyl sites for hydroxylation is 3. The number of benzene rings is 2. The van der Waals surface area contributed by atoms with Gasteiger partial charge in [0.25, 0.3) is 0 Å². The molecule has 10 heteroatoms. The summed E-state index contributed by atoms with van der Waals surface area (Å²) in [5.41, 5.74) is 1.84. The average Bonchev–Trinajstić information content (AvgIpc) is 2.96. The highest BCUT2D eigenvalue weighted by Crippen LogP contribution is 2.31. The van der Waals surface area contributed by atoms with E-state index in [-0.39, 0.29) is 23.6 Å². The number of aromatic nitrogens is 4. The molecule has 7 nitrogen and oxygen atoms in total. The normalized spacial score (nSPS) is 11.1. The number of hydrogen-bond acceptors (Lipinski definition) is 5. The van der Waals surface area contributed by atoms with Gasteiger partial charge in [-0.2, -0.15) is 18.1 Å². The lowest BCUT2D eigenvalue weighted by atomic mass is 10.1. The molecule has 0 aliphatic heterocycles. The molecule has 0 atom stereocenters. The molecule has 1 aromatic heterocycles. The van der Waals surface area contributed by atoms with Gasteiger partial charge in [0.15, 0.2) is 0 Å². The van der Waals surface area contributed by atoms with Crippen molar-refractivity contribution < 1.29 is 18.3 Å². The lowest BCUT2D eigenvalue weighted by molar-refractivity contribution is -0.0508. The fourth-order valence-electron chi connectivity index (χ4n) is 2.58. The number of rotatable bonds is 6. The smallest absolute Gasteiger partial charge is 0.387 e. The molecule has 0 aliphatic carbocycles. The van der Waals surface area contributed by atoms with Crippen molar-refractivity contribution in [3.05, 3.63) is 62.5 Å². The minimum Gasteiger partial charge on any atom is -0.487 e. The Balaban J connectivity index is 2.03.